The van der Waals surface area contributed by atoms with Gasteiger partial charge in [-0.1, -0.05) is 13.8 Å². The highest BCUT2D eigenvalue weighted by atomic mass is 31.2. The molecule has 0 spiro atoms. The summed E-state index contributed by atoms with van der Waals surface area (Å²) in [6.07, 6.45) is 0. The van der Waals surface area contributed by atoms with Crippen molar-refractivity contribution in [1.29, 1.82) is 0 Å². The van der Waals surface area contributed by atoms with Crippen molar-refractivity contribution in [1.82, 2.24) is 0 Å². The summed E-state index contributed by atoms with van der Waals surface area (Å²) in [5.74, 6) is -0.139. The molecule has 2 atom stereocenters. The Morgan fingerprint density at radius 1 is 0.967 bits per heavy atom. The quantitative estimate of drug-likeness (QED) is 0.562. The molecule has 2 aromatic rings. The summed E-state index contributed by atoms with van der Waals surface area (Å²) in [5, 5.41) is 11.7. The van der Waals surface area contributed by atoms with Crippen LogP contribution < -0.4 is 24.4 Å². The number of nitrogens with zero attached hydrogens (tertiary/aromatic N) is 1. The standard InChI is InChI=1S/C22H32NO6P/c1-15(2)14-29-30(25,18-10-8-17(9-11-18)23(3)4)22(24)16-12-19(26-5)21(28-7)20(13-16)27-6/h8-13,15,22,24H,14H2,1-7H3/t22-,30-/m0/s1. The molecule has 0 amide bonds. The first kappa shape index (κ1) is 24.1. The molecule has 0 heterocycles. The molecule has 30 heavy (non-hydrogen) atoms. The van der Waals surface area contributed by atoms with Gasteiger partial charge in [-0.15, -0.1) is 0 Å². The molecule has 2 rings (SSSR count). The molecule has 0 radical (unpaired) electrons. The fourth-order valence-electron chi connectivity index (χ4n) is 2.95. The average Bonchev–Trinajstić information content (AvgIpc) is 2.75. The van der Waals surface area contributed by atoms with Gasteiger partial charge in [0.05, 0.1) is 27.9 Å². The minimum Gasteiger partial charge on any atom is -0.493 e. The van der Waals surface area contributed by atoms with Gasteiger partial charge in [0.1, 0.15) is 0 Å². The van der Waals surface area contributed by atoms with Crippen LogP contribution in [0.25, 0.3) is 0 Å². The molecule has 166 valence electrons. The number of rotatable bonds is 10. The van der Waals surface area contributed by atoms with Crippen molar-refractivity contribution < 1.29 is 28.4 Å². The van der Waals surface area contributed by atoms with E-state index >= 15 is 0 Å². The third-order valence-corrected chi connectivity index (χ3v) is 7.13. The molecule has 0 saturated carbocycles. The largest absolute Gasteiger partial charge is 0.493 e. The summed E-state index contributed by atoms with van der Waals surface area (Å²) in [6, 6.07) is 10.3. The van der Waals surface area contributed by atoms with Crippen LogP contribution in [-0.2, 0) is 9.09 Å². The van der Waals surface area contributed by atoms with Crippen molar-refractivity contribution in [3.8, 4) is 17.2 Å². The van der Waals surface area contributed by atoms with Gasteiger partial charge in [0.15, 0.2) is 17.3 Å². The minimum absolute atomic E-state index is 0.145. The predicted molar refractivity (Wildman–Crippen MR) is 120 cm³/mol. The highest BCUT2D eigenvalue weighted by Crippen LogP contribution is 2.59. The maximum absolute atomic E-state index is 14.1. The van der Waals surface area contributed by atoms with E-state index < -0.39 is 13.2 Å². The van der Waals surface area contributed by atoms with Crippen LogP contribution >= 0.6 is 7.37 Å². The molecule has 0 aliphatic carbocycles. The number of ether oxygens (including phenoxy) is 3. The Balaban J connectivity index is 2.57. The van der Waals surface area contributed by atoms with Crippen molar-refractivity contribution in [2.75, 3.05) is 46.9 Å². The molecule has 0 aliphatic rings. The van der Waals surface area contributed by atoms with Crippen molar-refractivity contribution in [2.45, 2.75) is 19.7 Å². The fourth-order valence-corrected chi connectivity index (χ4v) is 5.15. The molecule has 0 saturated heterocycles. The predicted octanol–water partition coefficient (Wildman–Crippen LogP) is 4.05. The molecule has 8 heteroatoms. The first-order valence-electron chi connectivity index (χ1n) is 9.68. The molecule has 0 aliphatic heterocycles. The topological polar surface area (TPSA) is 77.5 Å². The van der Waals surface area contributed by atoms with E-state index in [0.29, 0.717) is 28.1 Å². The van der Waals surface area contributed by atoms with Gasteiger partial charge in [-0.05, 0) is 47.9 Å². The molecule has 0 unspecified atom stereocenters. The number of aliphatic hydroxyl groups excluding tert-OH is 1. The first-order chi connectivity index (χ1) is 14.2. The first-order valence-corrected chi connectivity index (χ1v) is 11.4. The molecular weight excluding hydrogens is 405 g/mol. The number of benzene rings is 2. The lowest BCUT2D eigenvalue weighted by molar-refractivity contribution is 0.202. The number of hydrogen-bond acceptors (Lipinski definition) is 7. The Kier molecular flexibility index (Phi) is 8.18. The Morgan fingerprint density at radius 3 is 1.90 bits per heavy atom. The highest BCUT2D eigenvalue weighted by Gasteiger charge is 2.37. The Hall–Kier alpha value is -2.21. The van der Waals surface area contributed by atoms with Gasteiger partial charge in [0.25, 0.3) is 7.37 Å². The van der Waals surface area contributed by atoms with Crippen LogP contribution in [0.5, 0.6) is 17.2 Å². The van der Waals surface area contributed by atoms with Crippen LogP contribution in [0.3, 0.4) is 0 Å². The van der Waals surface area contributed by atoms with Gasteiger partial charge < -0.3 is 28.7 Å². The average molecular weight is 437 g/mol. The van der Waals surface area contributed by atoms with Crippen LogP contribution in [0.4, 0.5) is 5.69 Å². The van der Waals surface area contributed by atoms with Crippen molar-refractivity contribution in [2.24, 2.45) is 5.92 Å². The van der Waals surface area contributed by atoms with Gasteiger partial charge in [0.2, 0.25) is 5.75 Å². The van der Waals surface area contributed by atoms with E-state index in [-0.39, 0.29) is 12.5 Å². The van der Waals surface area contributed by atoms with E-state index in [1.807, 2.05) is 45.0 Å². The van der Waals surface area contributed by atoms with E-state index in [1.54, 1.807) is 24.3 Å². The summed E-state index contributed by atoms with van der Waals surface area (Å²) >= 11 is 0. The summed E-state index contributed by atoms with van der Waals surface area (Å²) in [7, 11) is 4.64. The summed E-state index contributed by atoms with van der Waals surface area (Å²) < 4.78 is 36.0. The second kappa shape index (κ2) is 10.2. The molecule has 0 aromatic heterocycles. The van der Waals surface area contributed by atoms with Crippen LogP contribution in [0.15, 0.2) is 36.4 Å². The van der Waals surface area contributed by atoms with Gasteiger partial charge in [-0.25, -0.2) is 0 Å². The zero-order valence-electron chi connectivity index (χ0n) is 18.7. The number of hydrogen-bond donors (Lipinski definition) is 1. The second-order valence-electron chi connectivity index (χ2n) is 7.53. The number of methoxy groups -OCH3 is 3. The van der Waals surface area contributed by atoms with Gasteiger partial charge in [0, 0.05) is 25.1 Å². The normalized spacial score (nSPS) is 14.2. The van der Waals surface area contributed by atoms with Crippen LogP contribution in [0.1, 0.15) is 25.3 Å². The number of anilines is 1. The minimum atomic E-state index is -3.69. The van der Waals surface area contributed by atoms with E-state index in [4.69, 9.17) is 18.7 Å². The summed E-state index contributed by atoms with van der Waals surface area (Å²) in [5.41, 5.74) is 1.31. The maximum atomic E-state index is 14.1. The lowest BCUT2D eigenvalue weighted by Crippen LogP contribution is -2.17. The Morgan fingerprint density at radius 2 is 1.50 bits per heavy atom. The SMILES string of the molecule is COc1cc([C@@H](O)[P@@](=O)(OCC(C)C)c2ccc(N(C)C)cc2)cc(OC)c1OC. The fraction of sp³-hybridized carbons (Fsp3) is 0.455. The molecule has 0 bridgehead atoms. The third-order valence-electron chi connectivity index (χ3n) is 4.63. The monoisotopic (exact) mass is 437 g/mol. The maximum Gasteiger partial charge on any atom is 0.264 e. The van der Waals surface area contributed by atoms with Crippen molar-refractivity contribution in [3.05, 3.63) is 42.0 Å². The third kappa shape index (κ3) is 5.09. The van der Waals surface area contributed by atoms with E-state index in [1.165, 1.54) is 21.3 Å². The zero-order valence-corrected chi connectivity index (χ0v) is 19.6. The second-order valence-corrected chi connectivity index (χ2v) is 9.99. The van der Waals surface area contributed by atoms with Crippen molar-refractivity contribution in [3.63, 3.8) is 0 Å². The zero-order chi connectivity index (χ0) is 22.5. The van der Waals surface area contributed by atoms with Gasteiger partial charge in [-0.3, -0.25) is 4.57 Å². The molecular formula is C22H32NO6P. The van der Waals surface area contributed by atoms with Gasteiger partial charge in [-0.2, -0.15) is 0 Å². The van der Waals surface area contributed by atoms with E-state index in [9.17, 15) is 9.67 Å². The Bertz CT molecular complexity index is 857. The van der Waals surface area contributed by atoms with Crippen LogP contribution in [0, 0.1) is 5.92 Å². The lowest BCUT2D eigenvalue weighted by atomic mass is 10.2. The number of aliphatic hydroxyl groups is 1. The Labute approximate surface area is 179 Å². The van der Waals surface area contributed by atoms with Crippen molar-refractivity contribution >= 4 is 18.4 Å². The molecule has 2 aromatic carbocycles. The molecule has 0 fully saturated rings. The van der Waals surface area contributed by atoms with Crippen LogP contribution in [0.2, 0.25) is 0 Å². The molecule has 1 N–H and O–H groups in total. The van der Waals surface area contributed by atoms with Crippen LogP contribution in [-0.4, -0.2) is 47.1 Å². The molecule has 7 nitrogen and oxygen atoms in total. The lowest BCUT2D eigenvalue weighted by Gasteiger charge is -2.26. The smallest absolute Gasteiger partial charge is 0.264 e. The van der Waals surface area contributed by atoms with Gasteiger partial charge >= 0.3 is 0 Å². The highest BCUT2D eigenvalue weighted by molar-refractivity contribution is 7.67. The van der Waals surface area contributed by atoms with E-state index in [2.05, 4.69) is 0 Å². The van der Waals surface area contributed by atoms with E-state index in [0.717, 1.165) is 5.69 Å². The summed E-state index contributed by atoms with van der Waals surface area (Å²) in [6.45, 7) is 4.17. The summed E-state index contributed by atoms with van der Waals surface area (Å²) in [4.78, 5) is 1.94.